The van der Waals surface area contributed by atoms with Crippen LogP contribution in [0.25, 0.3) is 11.3 Å². The average Bonchev–Trinajstić information content (AvgIpc) is 3.06. The van der Waals surface area contributed by atoms with Crippen LogP contribution in [0.5, 0.6) is 0 Å². The molecule has 0 aliphatic rings. The second-order valence-electron chi connectivity index (χ2n) is 5.41. The number of oxazole rings is 1. The molecule has 1 heterocycles. The Labute approximate surface area is 130 Å². The van der Waals surface area contributed by atoms with Crippen molar-refractivity contribution in [2.45, 2.75) is 25.8 Å². The molecule has 0 aliphatic carbocycles. The molecule has 2 N–H and O–H groups in total. The van der Waals surface area contributed by atoms with E-state index in [1.807, 2.05) is 18.2 Å². The van der Waals surface area contributed by atoms with Crippen LogP contribution >= 0.6 is 0 Å². The van der Waals surface area contributed by atoms with Crippen molar-refractivity contribution in [1.82, 2.24) is 4.98 Å². The molecule has 2 aromatic carbocycles. The van der Waals surface area contributed by atoms with Gasteiger partial charge in [-0.15, -0.1) is 0 Å². The third-order valence-corrected chi connectivity index (χ3v) is 3.79. The molecule has 0 radical (unpaired) electrons. The second-order valence-corrected chi connectivity index (χ2v) is 5.41. The quantitative estimate of drug-likeness (QED) is 0.768. The molecule has 3 aromatic rings. The van der Waals surface area contributed by atoms with E-state index in [0.717, 1.165) is 24.2 Å². The van der Waals surface area contributed by atoms with Crippen molar-refractivity contribution >= 4 is 0 Å². The summed E-state index contributed by atoms with van der Waals surface area (Å²) in [7, 11) is 0. The van der Waals surface area contributed by atoms with Crippen LogP contribution in [0, 0.1) is 0 Å². The second kappa shape index (κ2) is 6.58. The molecule has 22 heavy (non-hydrogen) atoms. The fraction of sp³-hybridized carbons (Fsp3) is 0.211. The zero-order valence-electron chi connectivity index (χ0n) is 12.7. The van der Waals surface area contributed by atoms with Crippen LogP contribution in [0.15, 0.2) is 65.2 Å². The Hall–Kier alpha value is -2.39. The maximum atomic E-state index is 6.21. The molecule has 0 saturated carbocycles. The number of aromatic nitrogens is 1. The van der Waals surface area contributed by atoms with E-state index in [1.54, 1.807) is 6.20 Å². The van der Waals surface area contributed by atoms with Gasteiger partial charge in [0.25, 0.3) is 0 Å². The summed E-state index contributed by atoms with van der Waals surface area (Å²) in [5, 5.41) is 0. The summed E-state index contributed by atoms with van der Waals surface area (Å²) in [5.74, 6) is 1.35. The Kier molecular flexibility index (Phi) is 4.35. The molecule has 1 unspecified atom stereocenters. The first kappa shape index (κ1) is 14.5. The zero-order chi connectivity index (χ0) is 15.4. The number of hydrogen-bond donors (Lipinski definition) is 1. The van der Waals surface area contributed by atoms with Crippen molar-refractivity contribution in [3.8, 4) is 11.3 Å². The molecular weight excluding hydrogens is 272 g/mol. The standard InChI is InChI=1S/C19H20N2O/c1-2-14-8-10-16(11-9-14)18-13-21-19(22-18)17(20)12-15-6-4-3-5-7-15/h3-11,13,17H,2,12,20H2,1H3. The molecular formula is C19H20N2O. The molecule has 112 valence electrons. The molecule has 3 heteroatoms. The number of nitrogens with two attached hydrogens (primary N) is 1. The van der Waals surface area contributed by atoms with E-state index in [4.69, 9.17) is 10.2 Å². The van der Waals surface area contributed by atoms with Gasteiger partial charge in [-0.05, 0) is 24.0 Å². The van der Waals surface area contributed by atoms with Crippen LogP contribution in [0.4, 0.5) is 0 Å². The third-order valence-electron chi connectivity index (χ3n) is 3.79. The normalized spacial score (nSPS) is 12.3. The van der Waals surface area contributed by atoms with E-state index in [0.29, 0.717) is 5.89 Å². The van der Waals surface area contributed by atoms with Gasteiger partial charge in [-0.1, -0.05) is 61.5 Å². The molecule has 0 bridgehead atoms. The van der Waals surface area contributed by atoms with E-state index in [-0.39, 0.29) is 6.04 Å². The predicted molar refractivity (Wildman–Crippen MR) is 88.4 cm³/mol. The van der Waals surface area contributed by atoms with Crippen molar-refractivity contribution in [2.24, 2.45) is 5.73 Å². The lowest BCUT2D eigenvalue weighted by Crippen LogP contribution is -2.13. The highest BCUT2D eigenvalue weighted by atomic mass is 16.4. The summed E-state index contributed by atoms with van der Waals surface area (Å²) in [5.41, 5.74) is 9.73. The fourth-order valence-corrected chi connectivity index (χ4v) is 2.45. The van der Waals surface area contributed by atoms with E-state index in [2.05, 4.69) is 48.3 Å². The first-order valence-electron chi connectivity index (χ1n) is 7.61. The lowest BCUT2D eigenvalue weighted by Gasteiger charge is -2.07. The molecule has 0 amide bonds. The Bertz CT molecular complexity index is 717. The first-order chi connectivity index (χ1) is 10.8. The van der Waals surface area contributed by atoms with E-state index in [9.17, 15) is 0 Å². The van der Waals surface area contributed by atoms with Crippen molar-refractivity contribution < 1.29 is 4.42 Å². The summed E-state index contributed by atoms with van der Waals surface area (Å²) in [4.78, 5) is 4.34. The third kappa shape index (κ3) is 3.26. The van der Waals surface area contributed by atoms with Crippen molar-refractivity contribution in [1.29, 1.82) is 0 Å². The van der Waals surface area contributed by atoms with Gasteiger partial charge in [-0.3, -0.25) is 0 Å². The molecule has 1 aromatic heterocycles. The van der Waals surface area contributed by atoms with Gasteiger partial charge in [0.15, 0.2) is 5.76 Å². The van der Waals surface area contributed by atoms with Crippen molar-refractivity contribution in [3.05, 3.63) is 77.8 Å². The van der Waals surface area contributed by atoms with E-state index >= 15 is 0 Å². The van der Waals surface area contributed by atoms with Gasteiger partial charge in [-0.2, -0.15) is 0 Å². The van der Waals surface area contributed by atoms with Crippen LogP contribution in [-0.4, -0.2) is 4.98 Å². The fourth-order valence-electron chi connectivity index (χ4n) is 2.45. The Balaban J connectivity index is 1.75. The largest absolute Gasteiger partial charge is 0.439 e. The molecule has 0 aliphatic heterocycles. The first-order valence-corrected chi connectivity index (χ1v) is 7.61. The molecule has 1 atom stereocenters. The van der Waals surface area contributed by atoms with Crippen molar-refractivity contribution in [3.63, 3.8) is 0 Å². The average molecular weight is 292 g/mol. The summed E-state index contributed by atoms with van der Waals surface area (Å²) >= 11 is 0. The summed E-state index contributed by atoms with van der Waals surface area (Å²) in [6.45, 7) is 2.14. The van der Waals surface area contributed by atoms with Crippen molar-refractivity contribution in [2.75, 3.05) is 0 Å². The maximum Gasteiger partial charge on any atom is 0.212 e. The number of benzene rings is 2. The van der Waals surface area contributed by atoms with Gasteiger partial charge in [0.05, 0.1) is 12.2 Å². The van der Waals surface area contributed by atoms with Gasteiger partial charge >= 0.3 is 0 Å². The Morgan fingerprint density at radius 3 is 2.41 bits per heavy atom. The summed E-state index contributed by atoms with van der Waals surface area (Å²) < 4.78 is 5.84. The van der Waals surface area contributed by atoms with Gasteiger partial charge in [0.2, 0.25) is 5.89 Å². The van der Waals surface area contributed by atoms with Crippen LogP contribution in [-0.2, 0) is 12.8 Å². The molecule has 0 fully saturated rings. The van der Waals surface area contributed by atoms with Crippen LogP contribution in [0.2, 0.25) is 0 Å². The maximum absolute atomic E-state index is 6.21. The van der Waals surface area contributed by atoms with Crippen LogP contribution in [0.3, 0.4) is 0 Å². The van der Waals surface area contributed by atoms with Gasteiger partial charge < -0.3 is 10.2 Å². The summed E-state index contributed by atoms with van der Waals surface area (Å²) in [6, 6.07) is 18.3. The predicted octanol–water partition coefficient (Wildman–Crippen LogP) is 4.15. The highest BCUT2D eigenvalue weighted by Crippen LogP contribution is 2.24. The van der Waals surface area contributed by atoms with E-state index < -0.39 is 0 Å². The number of aryl methyl sites for hydroxylation is 1. The van der Waals surface area contributed by atoms with Crippen LogP contribution in [0.1, 0.15) is 30.0 Å². The lowest BCUT2D eigenvalue weighted by atomic mass is 10.1. The zero-order valence-corrected chi connectivity index (χ0v) is 12.7. The molecule has 0 spiro atoms. The van der Waals surface area contributed by atoms with E-state index in [1.165, 1.54) is 11.1 Å². The number of hydrogen-bond acceptors (Lipinski definition) is 3. The smallest absolute Gasteiger partial charge is 0.212 e. The lowest BCUT2D eigenvalue weighted by molar-refractivity contribution is 0.457. The van der Waals surface area contributed by atoms with Crippen LogP contribution < -0.4 is 5.73 Å². The number of nitrogens with zero attached hydrogens (tertiary/aromatic N) is 1. The minimum Gasteiger partial charge on any atom is -0.439 e. The highest BCUT2D eigenvalue weighted by Gasteiger charge is 2.14. The van der Waals surface area contributed by atoms with Gasteiger partial charge in [0.1, 0.15) is 0 Å². The van der Waals surface area contributed by atoms with Gasteiger partial charge in [0, 0.05) is 5.56 Å². The number of rotatable bonds is 5. The Morgan fingerprint density at radius 1 is 1.00 bits per heavy atom. The summed E-state index contributed by atoms with van der Waals surface area (Å²) in [6.07, 6.45) is 3.50. The Morgan fingerprint density at radius 2 is 1.73 bits per heavy atom. The minimum absolute atomic E-state index is 0.230. The van der Waals surface area contributed by atoms with Gasteiger partial charge in [-0.25, -0.2) is 4.98 Å². The molecule has 0 saturated heterocycles. The molecule has 3 rings (SSSR count). The monoisotopic (exact) mass is 292 g/mol. The SMILES string of the molecule is CCc1ccc(-c2cnc(C(N)Cc3ccccc3)o2)cc1. The highest BCUT2D eigenvalue weighted by molar-refractivity contribution is 5.56. The topological polar surface area (TPSA) is 52.0 Å². The minimum atomic E-state index is -0.230. The molecule has 3 nitrogen and oxygen atoms in total.